The molecule has 0 fully saturated rings. The standard InChI is InChI=1S/C10H9NO/c1-2-8-4-3-5-9(7-12)10(8)6-11/h2-5,12H,1,7H2. The van der Waals surface area contributed by atoms with Gasteiger partial charge < -0.3 is 5.11 Å². The zero-order chi connectivity index (χ0) is 8.97. The number of nitriles is 1. The summed E-state index contributed by atoms with van der Waals surface area (Å²) in [5, 5.41) is 17.6. The molecule has 0 saturated carbocycles. The minimum absolute atomic E-state index is 0.107. The zero-order valence-corrected chi connectivity index (χ0v) is 6.62. The molecule has 0 aliphatic rings. The summed E-state index contributed by atoms with van der Waals surface area (Å²) >= 11 is 0. The Morgan fingerprint density at radius 1 is 1.58 bits per heavy atom. The third-order valence-electron chi connectivity index (χ3n) is 1.69. The summed E-state index contributed by atoms with van der Waals surface area (Å²) in [4.78, 5) is 0. The van der Waals surface area contributed by atoms with Crippen LogP contribution in [0, 0.1) is 11.3 Å². The summed E-state index contributed by atoms with van der Waals surface area (Å²) < 4.78 is 0. The monoisotopic (exact) mass is 159 g/mol. The Labute approximate surface area is 71.4 Å². The quantitative estimate of drug-likeness (QED) is 0.713. The number of hydrogen-bond acceptors (Lipinski definition) is 2. The molecule has 1 aromatic carbocycles. The highest BCUT2D eigenvalue weighted by Crippen LogP contribution is 2.14. The van der Waals surface area contributed by atoms with E-state index in [2.05, 4.69) is 6.58 Å². The number of hydrogen-bond donors (Lipinski definition) is 1. The highest BCUT2D eigenvalue weighted by Gasteiger charge is 2.03. The van der Waals surface area contributed by atoms with Gasteiger partial charge in [0.2, 0.25) is 0 Å². The van der Waals surface area contributed by atoms with Crippen LogP contribution in [-0.4, -0.2) is 5.11 Å². The first kappa shape index (κ1) is 8.51. The molecule has 0 aliphatic heterocycles. The second-order valence-electron chi connectivity index (χ2n) is 2.36. The maximum atomic E-state index is 8.88. The Hall–Kier alpha value is -1.59. The van der Waals surface area contributed by atoms with Crippen molar-refractivity contribution in [1.29, 1.82) is 5.26 Å². The van der Waals surface area contributed by atoms with Gasteiger partial charge in [-0.2, -0.15) is 5.26 Å². The molecule has 0 aromatic heterocycles. The lowest BCUT2D eigenvalue weighted by atomic mass is 10.0. The smallest absolute Gasteiger partial charge is 0.100 e. The lowest BCUT2D eigenvalue weighted by molar-refractivity contribution is 0.281. The van der Waals surface area contributed by atoms with Gasteiger partial charge in [-0.15, -0.1) is 0 Å². The van der Waals surface area contributed by atoms with Crippen LogP contribution in [0.25, 0.3) is 6.08 Å². The molecule has 60 valence electrons. The van der Waals surface area contributed by atoms with E-state index in [0.717, 1.165) is 5.56 Å². The molecule has 12 heavy (non-hydrogen) atoms. The zero-order valence-electron chi connectivity index (χ0n) is 6.62. The predicted octanol–water partition coefficient (Wildman–Crippen LogP) is 1.69. The lowest BCUT2D eigenvalue weighted by Gasteiger charge is -2.02. The minimum atomic E-state index is -0.107. The van der Waals surface area contributed by atoms with Crippen molar-refractivity contribution < 1.29 is 5.11 Å². The lowest BCUT2D eigenvalue weighted by Crippen LogP contribution is -1.91. The second-order valence-corrected chi connectivity index (χ2v) is 2.36. The van der Waals surface area contributed by atoms with Crippen molar-refractivity contribution >= 4 is 6.08 Å². The van der Waals surface area contributed by atoms with Crippen molar-refractivity contribution in [2.24, 2.45) is 0 Å². The topological polar surface area (TPSA) is 44.0 Å². The molecule has 0 spiro atoms. The van der Waals surface area contributed by atoms with E-state index in [9.17, 15) is 0 Å². The third kappa shape index (κ3) is 1.36. The fourth-order valence-electron chi connectivity index (χ4n) is 1.06. The Morgan fingerprint density at radius 3 is 2.83 bits per heavy atom. The molecule has 0 heterocycles. The second kappa shape index (κ2) is 3.70. The minimum Gasteiger partial charge on any atom is -0.392 e. The van der Waals surface area contributed by atoms with Crippen molar-refractivity contribution in [1.82, 2.24) is 0 Å². The van der Waals surface area contributed by atoms with Crippen molar-refractivity contribution in [2.75, 3.05) is 0 Å². The molecular formula is C10H9NO. The number of nitrogens with zero attached hydrogens (tertiary/aromatic N) is 1. The Balaban J connectivity index is 3.34. The molecule has 0 amide bonds. The van der Waals surface area contributed by atoms with Crippen LogP contribution < -0.4 is 0 Å². The van der Waals surface area contributed by atoms with Gasteiger partial charge in [0.05, 0.1) is 12.2 Å². The van der Waals surface area contributed by atoms with Crippen LogP contribution in [0.1, 0.15) is 16.7 Å². The van der Waals surface area contributed by atoms with Gasteiger partial charge in [0, 0.05) is 0 Å². The average Bonchev–Trinajstić information content (AvgIpc) is 2.16. The fourth-order valence-corrected chi connectivity index (χ4v) is 1.06. The highest BCUT2D eigenvalue weighted by molar-refractivity contribution is 5.59. The van der Waals surface area contributed by atoms with E-state index in [0.29, 0.717) is 11.1 Å². The number of aliphatic hydroxyl groups is 1. The van der Waals surface area contributed by atoms with E-state index < -0.39 is 0 Å². The summed E-state index contributed by atoms with van der Waals surface area (Å²) in [6, 6.07) is 7.35. The maximum absolute atomic E-state index is 8.88. The summed E-state index contributed by atoms with van der Waals surface area (Å²) in [5.41, 5.74) is 1.92. The van der Waals surface area contributed by atoms with E-state index in [1.165, 1.54) is 0 Å². The Bertz CT molecular complexity index is 336. The molecule has 2 heteroatoms. The van der Waals surface area contributed by atoms with Gasteiger partial charge in [-0.25, -0.2) is 0 Å². The first-order valence-electron chi connectivity index (χ1n) is 3.58. The summed E-state index contributed by atoms with van der Waals surface area (Å²) in [6.07, 6.45) is 1.61. The van der Waals surface area contributed by atoms with Gasteiger partial charge in [-0.1, -0.05) is 30.9 Å². The normalized spacial score (nSPS) is 9.00. The van der Waals surface area contributed by atoms with E-state index in [1.54, 1.807) is 24.3 Å². The molecule has 0 aliphatic carbocycles. The summed E-state index contributed by atoms with van der Waals surface area (Å²) in [6.45, 7) is 3.48. The first-order chi connectivity index (χ1) is 5.83. The largest absolute Gasteiger partial charge is 0.392 e. The Kier molecular flexibility index (Phi) is 2.62. The van der Waals surface area contributed by atoms with Crippen LogP contribution in [0.5, 0.6) is 0 Å². The van der Waals surface area contributed by atoms with E-state index in [-0.39, 0.29) is 6.61 Å². The molecule has 1 aromatic rings. The molecule has 1 rings (SSSR count). The van der Waals surface area contributed by atoms with Crippen molar-refractivity contribution in [3.8, 4) is 6.07 Å². The fraction of sp³-hybridized carbons (Fsp3) is 0.100. The average molecular weight is 159 g/mol. The highest BCUT2D eigenvalue weighted by atomic mass is 16.3. The van der Waals surface area contributed by atoms with Gasteiger partial charge in [0.1, 0.15) is 6.07 Å². The molecule has 0 bridgehead atoms. The van der Waals surface area contributed by atoms with Crippen LogP contribution >= 0.6 is 0 Å². The number of aliphatic hydroxyl groups excluding tert-OH is 1. The maximum Gasteiger partial charge on any atom is 0.100 e. The molecule has 0 atom stereocenters. The molecule has 2 nitrogen and oxygen atoms in total. The predicted molar refractivity (Wildman–Crippen MR) is 47.2 cm³/mol. The van der Waals surface area contributed by atoms with Gasteiger partial charge in [-0.3, -0.25) is 0 Å². The van der Waals surface area contributed by atoms with Crippen molar-refractivity contribution in [3.05, 3.63) is 41.5 Å². The third-order valence-corrected chi connectivity index (χ3v) is 1.69. The SMILES string of the molecule is C=Cc1cccc(CO)c1C#N. The van der Waals surface area contributed by atoms with Crippen LogP contribution in [0.2, 0.25) is 0 Å². The molecule has 0 unspecified atom stereocenters. The van der Waals surface area contributed by atoms with Crippen LogP contribution in [0.4, 0.5) is 0 Å². The summed E-state index contributed by atoms with van der Waals surface area (Å²) in [7, 11) is 0. The van der Waals surface area contributed by atoms with Crippen molar-refractivity contribution in [3.63, 3.8) is 0 Å². The number of benzene rings is 1. The van der Waals surface area contributed by atoms with Gasteiger partial charge in [-0.05, 0) is 11.1 Å². The molecular weight excluding hydrogens is 150 g/mol. The Morgan fingerprint density at radius 2 is 2.33 bits per heavy atom. The van der Waals surface area contributed by atoms with Crippen LogP contribution in [-0.2, 0) is 6.61 Å². The molecule has 0 saturated heterocycles. The summed E-state index contributed by atoms with van der Waals surface area (Å²) in [5.74, 6) is 0. The van der Waals surface area contributed by atoms with Gasteiger partial charge in [0.15, 0.2) is 0 Å². The van der Waals surface area contributed by atoms with E-state index in [4.69, 9.17) is 10.4 Å². The first-order valence-corrected chi connectivity index (χ1v) is 3.58. The van der Waals surface area contributed by atoms with E-state index >= 15 is 0 Å². The van der Waals surface area contributed by atoms with Crippen molar-refractivity contribution in [2.45, 2.75) is 6.61 Å². The number of rotatable bonds is 2. The van der Waals surface area contributed by atoms with Crippen LogP contribution in [0.3, 0.4) is 0 Å². The molecule has 1 N–H and O–H groups in total. The van der Waals surface area contributed by atoms with Gasteiger partial charge >= 0.3 is 0 Å². The van der Waals surface area contributed by atoms with Gasteiger partial charge in [0.25, 0.3) is 0 Å². The molecule has 0 radical (unpaired) electrons. The van der Waals surface area contributed by atoms with E-state index in [1.807, 2.05) is 6.07 Å². The van der Waals surface area contributed by atoms with Crippen LogP contribution in [0.15, 0.2) is 24.8 Å².